The highest BCUT2D eigenvalue weighted by molar-refractivity contribution is 7.80. The zero-order chi connectivity index (χ0) is 22.2. The number of esters is 1. The van der Waals surface area contributed by atoms with Crippen LogP contribution in [0.4, 0.5) is 15.8 Å². The van der Waals surface area contributed by atoms with Gasteiger partial charge in [-0.1, -0.05) is 12.1 Å². The average Bonchev–Trinajstić information content (AvgIpc) is 2.69. The smallest absolute Gasteiger partial charge is 0.337 e. The lowest BCUT2D eigenvalue weighted by atomic mass is 9.94. The number of aryl methyl sites for hydroxylation is 1. The van der Waals surface area contributed by atoms with E-state index >= 15 is 0 Å². The number of carbonyl (C=O) groups excluding carboxylic acids is 1. The van der Waals surface area contributed by atoms with Crippen LogP contribution in [-0.2, 0) is 9.53 Å². The van der Waals surface area contributed by atoms with Crippen molar-refractivity contribution in [1.29, 1.82) is 0 Å². The van der Waals surface area contributed by atoms with E-state index in [1.54, 1.807) is 26.0 Å². The molecular weight excluding hydrogens is 413 g/mol. The number of nitro benzene ring substituents is 1. The van der Waals surface area contributed by atoms with Crippen molar-refractivity contribution in [2.45, 2.75) is 19.9 Å². The van der Waals surface area contributed by atoms with Gasteiger partial charge in [0, 0.05) is 11.8 Å². The van der Waals surface area contributed by atoms with Crippen LogP contribution in [0.1, 0.15) is 24.1 Å². The number of allylic oxidation sites excluding steroid dienone is 1. The number of methoxy groups -OCH3 is 1. The molecule has 2 N–H and O–H groups in total. The zero-order valence-electron chi connectivity index (χ0n) is 16.3. The Morgan fingerprint density at radius 2 is 2.00 bits per heavy atom. The SMILES string of the molecule is COC(=O)C1=C(C)N(c2ccc(C)c(F)c2)C(=S)NC1c1ccc(O)c([N+](=O)[O-])c1. The Bertz CT molecular complexity index is 1100. The highest BCUT2D eigenvalue weighted by Gasteiger charge is 2.36. The van der Waals surface area contributed by atoms with Crippen molar-refractivity contribution in [2.75, 3.05) is 12.0 Å². The van der Waals surface area contributed by atoms with Crippen molar-refractivity contribution < 1.29 is 24.0 Å². The summed E-state index contributed by atoms with van der Waals surface area (Å²) in [6.45, 7) is 3.25. The zero-order valence-corrected chi connectivity index (χ0v) is 17.1. The van der Waals surface area contributed by atoms with E-state index in [0.717, 1.165) is 6.07 Å². The molecule has 2 aromatic carbocycles. The van der Waals surface area contributed by atoms with Gasteiger partial charge < -0.3 is 15.2 Å². The van der Waals surface area contributed by atoms with Crippen molar-refractivity contribution >= 4 is 34.7 Å². The molecule has 0 radical (unpaired) electrons. The van der Waals surface area contributed by atoms with Crippen LogP contribution in [-0.4, -0.2) is 28.2 Å². The lowest BCUT2D eigenvalue weighted by molar-refractivity contribution is -0.385. The van der Waals surface area contributed by atoms with Gasteiger partial charge in [0.15, 0.2) is 10.9 Å². The quantitative estimate of drug-likeness (QED) is 0.327. The first-order valence-electron chi connectivity index (χ1n) is 8.78. The Balaban J connectivity index is 2.17. The van der Waals surface area contributed by atoms with Crippen LogP contribution in [0.5, 0.6) is 5.75 Å². The Kier molecular flexibility index (Phi) is 5.70. The van der Waals surface area contributed by atoms with Crippen molar-refractivity contribution in [2.24, 2.45) is 0 Å². The molecule has 1 aliphatic heterocycles. The monoisotopic (exact) mass is 431 g/mol. The summed E-state index contributed by atoms with van der Waals surface area (Å²) in [5, 5.41) is 24.1. The van der Waals surface area contributed by atoms with E-state index in [1.165, 1.54) is 30.2 Å². The minimum Gasteiger partial charge on any atom is -0.502 e. The average molecular weight is 431 g/mol. The Hall–Kier alpha value is -3.53. The minimum atomic E-state index is -0.865. The molecule has 0 saturated heterocycles. The summed E-state index contributed by atoms with van der Waals surface area (Å²) in [7, 11) is 1.21. The third-order valence-corrected chi connectivity index (χ3v) is 5.13. The fourth-order valence-electron chi connectivity index (χ4n) is 3.27. The standard InChI is InChI=1S/C20H18FN3O5S/c1-10-4-6-13(9-14(10)21)23-11(2)17(19(26)29-3)18(22-20(23)30)12-5-7-16(25)15(8-12)24(27)28/h4-9,18,25H,1-3H3,(H,22,30). The third kappa shape index (κ3) is 3.69. The fraction of sp³-hybridized carbons (Fsp3) is 0.200. The third-order valence-electron chi connectivity index (χ3n) is 4.83. The summed E-state index contributed by atoms with van der Waals surface area (Å²) in [6, 6.07) is 7.46. The number of hydrogen-bond donors (Lipinski definition) is 2. The van der Waals surface area contributed by atoms with Crippen LogP contribution in [0.25, 0.3) is 0 Å². The second-order valence-corrected chi connectivity index (χ2v) is 7.03. The first-order chi connectivity index (χ1) is 14.1. The highest BCUT2D eigenvalue weighted by atomic mass is 32.1. The molecule has 0 saturated carbocycles. The molecular formula is C20H18FN3O5S. The van der Waals surface area contributed by atoms with Crippen LogP contribution < -0.4 is 10.2 Å². The number of nitrogens with one attached hydrogen (secondary N) is 1. The van der Waals surface area contributed by atoms with Gasteiger partial charge in [0.05, 0.1) is 29.3 Å². The van der Waals surface area contributed by atoms with Crippen LogP contribution in [0.15, 0.2) is 47.7 Å². The van der Waals surface area contributed by atoms with Crippen molar-refractivity contribution in [3.8, 4) is 5.75 Å². The van der Waals surface area contributed by atoms with Gasteiger partial charge in [-0.3, -0.25) is 15.0 Å². The van der Waals surface area contributed by atoms with Gasteiger partial charge in [-0.25, -0.2) is 9.18 Å². The Morgan fingerprint density at radius 1 is 1.30 bits per heavy atom. The van der Waals surface area contributed by atoms with E-state index in [-0.39, 0.29) is 10.7 Å². The maximum Gasteiger partial charge on any atom is 0.337 e. The maximum atomic E-state index is 14.1. The number of phenols is 1. The van der Waals surface area contributed by atoms with E-state index in [2.05, 4.69) is 5.32 Å². The van der Waals surface area contributed by atoms with Gasteiger partial charge >= 0.3 is 11.7 Å². The molecule has 2 aromatic rings. The van der Waals surface area contributed by atoms with Crippen LogP contribution in [0, 0.1) is 22.9 Å². The van der Waals surface area contributed by atoms with E-state index in [4.69, 9.17) is 17.0 Å². The summed E-state index contributed by atoms with van der Waals surface area (Å²) >= 11 is 5.45. The maximum absolute atomic E-state index is 14.1. The number of aromatic hydroxyl groups is 1. The number of anilines is 1. The minimum absolute atomic E-state index is 0.145. The van der Waals surface area contributed by atoms with Crippen LogP contribution >= 0.6 is 12.2 Å². The first kappa shape index (κ1) is 21.2. The molecule has 0 spiro atoms. The van der Waals surface area contributed by atoms with E-state index < -0.39 is 34.2 Å². The largest absolute Gasteiger partial charge is 0.502 e. The number of carbonyl (C=O) groups is 1. The van der Waals surface area contributed by atoms with E-state index in [9.17, 15) is 24.4 Å². The van der Waals surface area contributed by atoms with E-state index in [1.807, 2.05) is 0 Å². The number of hydrogen-bond acceptors (Lipinski definition) is 6. The topological polar surface area (TPSA) is 105 Å². The Labute approximate surface area is 176 Å². The predicted molar refractivity (Wildman–Crippen MR) is 112 cm³/mol. The second-order valence-electron chi connectivity index (χ2n) is 6.65. The number of rotatable bonds is 4. The molecule has 30 heavy (non-hydrogen) atoms. The first-order valence-corrected chi connectivity index (χ1v) is 9.19. The summed E-state index contributed by atoms with van der Waals surface area (Å²) in [5.74, 6) is -1.61. The Morgan fingerprint density at radius 3 is 2.60 bits per heavy atom. The molecule has 1 unspecified atom stereocenters. The molecule has 1 heterocycles. The van der Waals surface area contributed by atoms with Crippen LogP contribution in [0.2, 0.25) is 0 Å². The molecule has 3 rings (SSSR count). The van der Waals surface area contributed by atoms with Gasteiger partial charge in [0.2, 0.25) is 0 Å². The molecule has 0 fully saturated rings. The molecule has 1 aliphatic rings. The van der Waals surface area contributed by atoms with Crippen molar-refractivity contribution in [3.63, 3.8) is 0 Å². The molecule has 0 aliphatic carbocycles. The lowest BCUT2D eigenvalue weighted by Crippen LogP contribution is -2.48. The van der Waals surface area contributed by atoms with E-state index in [0.29, 0.717) is 22.5 Å². The molecule has 0 aromatic heterocycles. The predicted octanol–water partition coefficient (Wildman–Crippen LogP) is 3.63. The van der Waals surface area contributed by atoms with Gasteiger partial charge in [0.25, 0.3) is 0 Å². The van der Waals surface area contributed by atoms with Gasteiger partial charge in [-0.15, -0.1) is 0 Å². The fourth-order valence-corrected chi connectivity index (χ4v) is 3.63. The summed E-state index contributed by atoms with van der Waals surface area (Å²) in [6.07, 6.45) is 0. The molecule has 8 nitrogen and oxygen atoms in total. The van der Waals surface area contributed by atoms with Crippen molar-refractivity contribution in [3.05, 3.63) is 74.7 Å². The van der Waals surface area contributed by atoms with Gasteiger partial charge in [-0.2, -0.15) is 0 Å². The van der Waals surface area contributed by atoms with Crippen LogP contribution in [0.3, 0.4) is 0 Å². The summed E-state index contributed by atoms with van der Waals surface area (Å²) < 4.78 is 19.0. The lowest BCUT2D eigenvalue weighted by Gasteiger charge is -2.37. The number of nitro groups is 1. The normalized spacial score (nSPS) is 16.3. The second kappa shape index (κ2) is 8.07. The number of nitrogens with zero attached hydrogens (tertiary/aromatic N) is 2. The summed E-state index contributed by atoms with van der Waals surface area (Å²) in [5.41, 5.74) is 1.21. The van der Waals surface area contributed by atoms with Crippen molar-refractivity contribution in [1.82, 2.24) is 5.32 Å². The number of halogens is 1. The highest BCUT2D eigenvalue weighted by Crippen LogP contribution is 2.37. The van der Waals surface area contributed by atoms with Gasteiger partial charge in [0.1, 0.15) is 5.82 Å². The molecule has 1 atom stereocenters. The molecule has 0 amide bonds. The number of benzene rings is 2. The number of thiocarbonyl (C=S) groups is 1. The number of ether oxygens (including phenoxy) is 1. The van der Waals surface area contributed by atoms with Gasteiger partial charge in [-0.05, 0) is 55.4 Å². The number of phenolic OH excluding ortho intramolecular Hbond substituents is 1. The molecule has 10 heteroatoms. The summed E-state index contributed by atoms with van der Waals surface area (Å²) in [4.78, 5) is 24.6. The molecule has 156 valence electrons. The molecule has 0 bridgehead atoms.